The summed E-state index contributed by atoms with van der Waals surface area (Å²) in [6.45, 7) is 4.03. The number of fused-ring (bicyclic) bond motifs is 1. The highest BCUT2D eigenvalue weighted by Crippen LogP contribution is 2.41. The first-order valence-electron chi connectivity index (χ1n) is 9.38. The molecule has 0 saturated carbocycles. The number of aryl methyl sites for hydroxylation is 1. The van der Waals surface area contributed by atoms with Crippen LogP contribution in [0, 0.1) is 12.3 Å². The molecule has 2 heterocycles. The molecule has 0 aliphatic carbocycles. The number of barbiturate groups is 1. The zero-order valence-corrected chi connectivity index (χ0v) is 16.2. The summed E-state index contributed by atoms with van der Waals surface area (Å²) in [7, 11) is 1.87. The van der Waals surface area contributed by atoms with Crippen molar-refractivity contribution in [2.75, 3.05) is 18.5 Å². The van der Waals surface area contributed by atoms with Crippen molar-refractivity contribution >= 4 is 23.5 Å². The van der Waals surface area contributed by atoms with Crippen molar-refractivity contribution in [2.45, 2.75) is 26.3 Å². The van der Waals surface area contributed by atoms with Crippen molar-refractivity contribution in [1.82, 2.24) is 10.2 Å². The molecular formula is C22H23N3O3. The van der Waals surface area contributed by atoms with Gasteiger partial charge in [-0.1, -0.05) is 48.0 Å². The Morgan fingerprint density at radius 1 is 1.07 bits per heavy atom. The van der Waals surface area contributed by atoms with Crippen LogP contribution in [0.1, 0.15) is 29.7 Å². The van der Waals surface area contributed by atoms with Gasteiger partial charge in [0.05, 0.1) is 6.04 Å². The molecule has 1 saturated heterocycles. The maximum Gasteiger partial charge on any atom is 0.331 e. The Labute approximate surface area is 164 Å². The molecule has 4 amide bonds. The van der Waals surface area contributed by atoms with Gasteiger partial charge in [0.1, 0.15) is 5.41 Å². The Balaban J connectivity index is 1.76. The van der Waals surface area contributed by atoms with Crippen LogP contribution in [0.15, 0.2) is 48.5 Å². The fourth-order valence-corrected chi connectivity index (χ4v) is 4.32. The number of nitrogens with zero attached hydrogens (tertiary/aromatic N) is 2. The molecule has 2 atom stereocenters. The normalized spacial score (nSPS) is 22.9. The van der Waals surface area contributed by atoms with Crippen molar-refractivity contribution in [1.29, 1.82) is 0 Å². The minimum atomic E-state index is -1.31. The maximum atomic E-state index is 13.6. The third-order valence-corrected chi connectivity index (χ3v) is 5.82. The maximum absolute atomic E-state index is 13.6. The lowest BCUT2D eigenvalue weighted by molar-refractivity contribution is -0.152. The average Bonchev–Trinajstić information content (AvgIpc) is 2.67. The molecule has 0 unspecified atom stereocenters. The second-order valence-corrected chi connectivity index (χ2v) is 7.77. The van der Waals surface area contributed by atoms with E-state index in [1.807, 2.05) is 67.4 Å². The van der Waals surface area contributed by atoms with E-state index in [9.17, 15) is 14.4 Å². The smallest absolute Gasteiger partial charge is 0.331 e. The topological polar surface area (TPSA) is 69.7 Å². The van der Waals surface area contributed by atoms with Crippen LogP contribution < -0.4 is 10.2 Å². The Morgan fingerprint density at radius 3 is 2.50 bits per heavy atom. The monoisotopic (exact) mass is 377 g/mol. The Bertz CT molecular complexity index is 972. The Kier molecular flexibility index (Phi) is 4.22. The van der Waals surface area contributed by atoms with Gasteiger partial charge in [-0.2, -0.15) is 0 Å². The van der Waals surface area contributed by atoms with Crippen molar-refractivity contribution < 1.29 is 14.4 Å². The first kappa shape index (κ1) is 18.2. The SMILES string of the molecule is Cc1ccc2c(c1)C[C@]1(CN2C)C(=O)NC(=O)N([C@H](C)c2ccccc2)C1=O. The van der Waals surface area contributed by atoms with E-state index in [2.05, 4.69) is 5.32 Å². The zero-order valence-electron chi connectivity index (χ0n) is 16.2. The number of benzene rings is 2. The molecule has 2 aromatic carbocycles. The van der Waals surface area contributed by atoms with E-state index in [0.29, 0.717) is 0 Å². The number of rotatable bonds is 2. The summed E-state index contributed by atoms with van der Waals surface area (Å²) in [6.07, 6.45) is 0.282. The highest BCUT2D eigenvalue weighted by Gasteiger charge is 2.57. The van der Waals surface area contributed by atoms with Gasteiger partial charge in [-0.05, 0) is 37.5 Å². The van der Waals surface area contributed by atoms with E-state index in [1.54, 1.807) is 6.92 Å². The molecule has 4 rings (SSSR count). The van der Waals surface area contributed by atoms with Crippen LogP contribution in [0.2, 0.25) is 0 Å². The number of carbonyl (C=O) groups is 3. The fraction of sp³-hybridized carbons (Fsp3) is 0.318. The number of amides is 4. The van der Waals surface area contributed by atoms with Gasteiger partial charge in [-0.15, -0.1) is 0 Å². The Morgan fingerprint density at radius 2 is 1.79 bits per heavy atom. The molecular weight excluding hydrogens is 354 g/mol. The minimum Gasteiger partial charge on any atom is -0.373 e. The summed E-state index contributed by atoms with van der Waals surface area (Å²) < 4.78 is 0. The van der Waals surface area contributed by atoms with Gasteiger partial charge in [0, 0.05) is 19.3 Å². The summed E-state index contributed by atoms with van der Waals surface area (Å²) in [6, 6.07) is 14.3. The summed E-state index contributed by atoms with van der Waals surface area (Å²) >= 11 is 0. The molecule has 6 heteroatoms. The van der Waals surface area contributed by atoms with E-state index >= 15 is 0 Å². The molecule has 1 N–H and O–H groups in total. The van der Waals surface area contributed by atoms with Gasteiger partial charge < -0.3 is 4.90 Å². The molecule has 0 bridgehead atoms. The van der Waals surface area contributed by atoms with Crippen LogP contribution in [-0.4, -0.2) is 36.3 Å². The first-order chi connectivity index (χ1) is 13.3. The standard InChI is InChI=1S/C22H23N3O3/c1-14-9-10-18-17(11-14)12-22(13-24(18)3)19(26)23-21(28)25(20(22)27)15(2)16-7-5-4-6-8-16/h4-11,15H,12-13H2,1-3H3,(H,23,26,28)/t15-,22+/m1/s1. The number of imide groups is 2. The molecule has 28 heavy (non-hydrogen) atoms. The van der Waals surface area contributed by atoms with Gasteiger partial charge in [-0.25, -0.2) is 4.79 Å². The molecule has 0 radical (unpaired) electrons. The summed E-state index contributed by atoms with van der Waals surface area (Å²) in [5.41, 5.74) is 2.55. The third-order valence-electron chi connectivity index (χ3n) is 5.82. The number of carbonyl (C=O) groups excluding carboxylic acids is 3. The van der Waals surface area contributed by atoms with Crippen molar-refractivity contribution in [3.8, 4) is 0 Å². The van der Waals surface area contributed by atoms with Gasteiger partial charge in [0.2, 0.25) is 11.8 Å². The van der Waals surface area contributed by atoms with Gasteiger partial charge in [0.15, 0.2) is 0 Å². The van der Waals surface area contributed by atoms with Crippen LogP contribution in [0.4, 0.5) is 10.5 Å². The predicted molar refractivity (Wildman–Crippen MR) is 106 cm³/mol. The second-order valence-electron chi connectivity index (χ2n) is 7.77. The fourth-order valence-electron chi connectivity index (χ4n) is 4.32. The van der Waals surface area contributed by atoms with Crippen LogP contribution in [-0.2, 0) is 16.0 Å². The lowest BCUT2D eigenvalue weighted by atomic mass is 9.74. The largest absolute Gasteiger partial charge is 0.373 e. The molecule has 2 aromatic rings. The molecule has 1 spiro atoms. The average molecular weight is 377 g/mol. The zero-order chi connectivity index (χ0) is 20.1. The number of hydrogen-bond donors (Lipinski definition) is 1. The van der Waals surface area contributed by atoms with E-state index in [0.717, 1.165) is 22.4 Å². The lowest BCUT2D eigenvalue weighted by Crippen LogP contribution is -2.68. The van der Waals surface area contributed by atoms with E-state index in [1.165, 1.54) is 4.90 Å². The van der Waals surface area contributed by atoms with Crippen molar-refractivity contribution in [3.63, 3.8) is 0 Å². The number of nitrogens with one attached hydrogen (secondary N) is 1. The van der Waals surface area contributed by atoms with E-state index < -0.39 is 29.3 Å². The number of urea groups is 1. The summed E-state index contributed by atoms with van der Waals surface area (Å²) in [5.74, 6) is -0.949. The van der Waals surface area contributed by atoms with Gasteiger partial charge in [-0.3, -0.25) is 19.8 Å². The number of anilines is 1. The molecule has 144 valence electrons. The lowest BCUT2D eigenvalue weighted by Gasteiger charge is -2.46. The van der Waals surface area contributed by atoms with E-state index in [-0.39, 0.29) is 13.0 Å². The van der Waals surface area contributed by atoms with E-state index in [4.69, 9.17) is 0 Å². The second kappa shape index (κ2) is 6.48. The minimum absolute atomic E-state index is 0.235. The molecule has 2 aliphatic rings. The molecule has 1 fully saturated rings. The van der Waals surface area contributed by atoms with Crippen LogP contribution >= 0.6 is 0 Å². The Hall–Kier alpha value is -3.15. The first-order valence-corrected chi connectivity index (χ1v) is 9.38. The molecule has 2 aliphatic heterocycles. The molecule has 0 aromatic heterocycles. The molecule has 6 nitrogen and oxygen atoms in total. The van der Waals surface area contributed by atoms with Gasteiger partial charge in [0.25, 0.3) is 0 Å². The summed E-state index contributed by atoms with van der Waals surface area (Å²) in [5, 5.41) is 2.44. The van der Waals surface area contributed by atoms with Crippen LogP contribution in [0.3, 0.4) is 0 Å². The van der Waals surface area contributed by atoms with Gasteiger partial charge >= 0.3 is 6.03 Å². The highest BCUT2D eigenvalue weighted by atomic mass is 16.2. The van der Waals surface area contributed by atoms with Crippen molar-refractivity contribution in [3.05, 3.63) is 65.2 Å². The third kappa shape index (κ3) is 2.68. The van der Waals surface area contributed by atoms with Crippen LogP contribution in [0.25, 0.3) is 0 Å². The highest BCUT2D eigenvalue weighted by molar-refractivity contribution is 6.20. The quantitative estimate of drug-likeness (QED) is 0.817. The summed E-state index contributed by atoms with van der Waals surface area (Å²) in [4.78, 5) is 42.3. The van der Waals surface area contributed by atoms with Crippen molar-refractivity contribution in [2.24, 2.45) is 5.41 Å². The predicted octanol–water partition coefficient (Wildman–Crippen LogP) is 2.81. The number of hydrogen-bond acceptors (Lipinski definition) is 4. The van der Waals surface area contributed by atoms with Crippen LogP contribution in [0.5, 0.6) is 0 Å².